The molecule has 0 spiro atoms. The first-order chi connectivity index (χ1) is 11.6. The first-order valence-corrected chi connectivity index (χ1v) is 7.36. The van der Waals surface area contributed by atoms with Gasteiger partial charge in [0.2, 0.25) is 5.88 Å². The average molecular weight is 319 g/mol. The highest BCUT2D eigenvalue weighted by molar-refractivity contribution is 5.85. The van der Waals surface area contributed by atoms with Crippen LogP contribution >= 0.6 is 0 Å². The third-order valence-electron chi connectivity index (χ3n) is 4.25. The predicted molar refractivity (Wildman–Crippen MR) is 87.2 cm³/mol. The van der Waals surface area contributed by atoms with Crippen LogP contribution in [0.4, 0.5) is 0 Å². The summed E-state index contributed by atoms with van der Waals surface area (Å²) in [5.41, 5.74) is 7.13. The highest BCUT2D eigenvalue weighted by Gasteiger charge is 2.36. The molecule has 0 amide bonds. The molecule has 0 saturated carbocycles. The lowest BCUT2D eigenvalue weighted by atomic mass is 9.87. The van der Waals surface area contributed by atoms with Crippen molar-refractivity contribution in [2.24, 2.45) is 12.8 Å². The molecule has 0 unspecified atom stereocenters. The Hall–Kier alpha value is -3.46. The van der Waals surface area contributed by atoms with Crippen LogP contribution in [-0.2, 0) is 7.05 Å². The summed E-state index contributed by atoms with van der Waals surface area (Å²) in [4.78, 5) is 12.6. The third kappa shape index (κ3) is 1.85. The summed E-state index contributed by atoms with van der Waals surface area (Å²) in [5, 5.41) is 10.2. The molecule has 0 saturated heterocycles. The zero-order valence-corrected chi connectivity index (χ0v) is 12.8. The minimum absolute atomic E-state index is 0.00644. The van der Waals surface area contributed by atoms with Crippen molar-refractivity contribution in [2.45, 2.75) is 5.92 Å². The van der Waals surface area contributed by atoms with E-state index in [9.17, 15) is 10.1 Å². The molecule has 24 heavy (non-hydrogen) atoms. The van der Waals surface area contributed by atoms with Crippen LogP contribution in [0.3, 0.4) is 0 Å². The maximum Gasteiger partial charge on any atom is 0.344 e. The predicted octanol–water partition coefficient (Wildman–Crippen LogP) is 2.35. The van der Waals surface area contributed by atoms with Crippen LogP contribution < -0.4 is 16.1 Å². The van der Waals surface area contributed by atoms with Crippen molar-refractivity contribution in [3.05, 3.63) is 75.7 Å². The van der Waals surface area contributed by atoms with E-state index >= 15 is 0 Å². The van der Waals surface area contributed by atoms with Crippen LogP contribution in [0.15, 0.2) is 63.3 Å². The van der Waals surface area contributed by atoms with E-state index < -0.39 is 11.5 Å². The van der Waals surface area contributed by atoms with Crippen molar-refractivity contribution in [3.8, 4) is 11.8 Å². The van der Waals surface area contributed by atoms with E-state index in [0.717, 1.165) is 5.69 Å². The maximum atomic E-state index is 12.6. The number of hydrogen-bond donors (Lipinski definition) is 1. The Kier molecular flexibility index (Phi) is 2.97. The number of allylic oxidation sites excluding steroid dienone is 1. The Bertz CT molecular complexity index is 1100. The van der Waals surface area contributed by atoms with E-state index in [0.29, 0.717) is 22.3 Å². The maximum absolute atomic E-state index is 12.6. The molecule has 0 radical (unpaired) electrons. The van der Waals surface area contributed by atoms with Gasteiger partial charge in [-0.05, 0) is 24.3 Å². The number of para-hydroxylation sites is 1. The summed E-state index contributed by atoms with van der Waals surface area (Å²) >= 11 is 0. The van der Waals surface area contributed by atoms with Gasteiger partial charge in [-0.3, -0.25) is 0 Å². The van der Waals surface area contributed by atoms with Crippen LogP contribution in [-0.4, -0.2) is 4.57 Å². The number of hydrogen-bond acceptors (Lipinski definition) is 5. The van der Waals surface area contributed by atoms with Gasteiger partial charge < -0.3 is 19.5 Å². The monoisotopic (exact) mass is 319 g/mol. The standard InChI is InChI=1S/C18H13N3O3/c1-21-8-4-6-12(21)14-11(9-19)17(20)24-16-10-5-2-3-7-13(10)23-18(22)15(14)16/h2-8,14H,20H2,1H3/t14-/m0/s1. The fourth-order valence-corrected chi connectivity index (χ4v) is 3.14. The molecule has 6 heteroatoms. The van der Waals surface area contributed by atoms with Crippen LogP contribution in [0.2, 0.25) is 0 Å². The van der Waals surface area contributed by atoms with Crippen molar-refractivity contribution in [1.29, 1.82) is 5.26 Å². The van der Waals surface area contributed by atoms with E-state index in [1.54, 1.807) is 18.2 Å². The molecular weight excluding hydrogens is 306 g/mol. The number of rotatable bonds is 1. The van der Waals surface area contributed by atoms with Crippen LogP contribution in [0.25, 0.3) is 11.0 Å². The van der Waals surface area contributed by atoms with E-state index in [1.165, 1.54) is 0 Å². The molecule has 2 aromatic heterocycles. The molecule has 1 aromatic carbocycles. The van der Waals surface area contributed by atoms with E-state index in [-0.39, 0.29) is 11.5 Å². The molecule has 2 N–H and O–H groups in total. The molecule has 3 heterocycles. The second-order valence-corrected chi connectivity index (χ2v) is 5.60. The number of aromatic nitrogens is 1. The molecule has 1 aliphatic heterocycles. The zero-order chi connectivity index (χ0) is 16.8. The topological polar surface area (TPSA) is 94.2 Å². The van der Waals surface area contributed by atoms with Gasteiger partial charge in [-0.1, -0.05) is 12.1 Å². The zero-order valence-electron chi connectivity index (χ0n) is 12.8. The van der Waals surface area contributed by atoms with Crippen LogP contribution in [0, 0.1) is 11.3 Å². The lowest BCUT2D eigenvalue weighted by molar-refractivity contribution is 0.386. The largest absolute Gasteiger partial charge is 0.439 e. The van der Waals surface area contributed by atoms with E-state index in [4.69, 9.17) is 14.9 Å². The van der Waals surface area contributed by atoms with Gasteiger partial charge in [-0.2, -0.15) is 5.26 Å². The second kappa shape index (κ2) is 5.03. The second-order valence-electron chi connectivity index (χ2n) is 5.60. The summed E-state index contributed by atoms with van der Waals surface area (Å²) in [7, 11) is 1.85. The first kappa shape index (κ1) is 14.2. The Balaban J connectivity index is 2.12. The number of nitriles is 1. The highest BCUT2D eigenvalue weighted by atomic mass is 16.5. The normalized spacial score (nSPS) is 16.6. The first-order valence-electron chi connectivity index (χ1n) is 7.36. The Morgan fingerprint density at radius 1 is 1.25 bits per heavy atom. The Morgan fingerprint density at radius 3 is 2.75 bits per heavy atom. The smallest absolute Gasteiger partial charge is 0.344 e. The van der Waals surface area contributed by atoms with Gasteiger partial charge in [0.05, 0.1) is 16.9 Å². The summed E-state index contributed by atoms with van der Waals surface area (Å²) in [5.74, 6) is -0.267. The SMILES string of the molecule is Cn1cccc1[C@@H]1C(C#N)=C(N)Oc2c1c(=O)oc1ccccc21. The van der Waals surface area contributed by atoms with Gasteiger partial charge in [0.15, 0.2) is 5.75 Å². The summed E-state index contributed by atoms with van der Waals surface area (Å²) in [6.45, 7) is 0. The highest BCUT2D eigenvalue weighted by Crippen LogP contribution is 2.43. The van der Waals surface area contributed by atoms with Crippen molar-refractivity contribution in [2.75, 3.05) is 0 Å². The molecule has 0 aliphatic carbocycles. The summed E-state index contributed by atoms with van der Waals surface area (Å²) in [6.07, 6.45) is 1.85. The molecule has 118 valence electrons. The minimum atomic E-state index is -0.625. The van der Waals surface area contributed by atoms with Gasteiger partial charge in [0.1, 0.15) is 17.2 Å². The number of benzene rings is 1. The molecule has 1 aliphatic rings. The minimum Gasteiger partial charge on any atom is -0.439 e. The Labute approximate surface area is 137 Å². The van der Waals surface area contributed by atoms with Gasteiger partial charge in [-0.25, -0.2) is 4.79 Å². The molecule has 0 bridgehead atoms. The summed E-state index contributed by atoms with van der Waals surface area (Å²) < 4.78 is 12.9. The van der Waals surface area contributed by atoms with Crippen LogP contribution in [0.5, 0.6) is 5.75 Å². The number of nitrogens with zero attached hydrogens (tertiary/aromatic N) is 2. The van der Waals surface area contributed by atoms with Gasteiger partial charge >= 0.3 is 5.63 Å². The van der Waals surface area contributed by atoms with Crippen LogP contribution in [0.1, 0.15) is 17.2 Å². The molecule has 3 aromatic rings. The lowest BCUT2D eigenvalue weighted by Crippen LogP contribution is -2.27. The fraction of sp³-hybridized carbons (Fsp3) is 0.111. The molecular formula is C18H13N3O3. The fourth-order valence-electron chi connectivity index (χ4n) is 3.14. The third-order valence-corrected chi connectivity index (χ3v) is 4.25. The van der Waals surface area contributed by atoms with Crippen molar-refractivity contribution < 1.29 is 9.15 Å². The number of ether oxygens (including phenoxy) is 1. The molecule has 0 fully saturated rings. The van der Waals surface area contributed by atoms with Gasteiger partial charge in [0.25, 0.3) is 0 Å². The molecule has 4 rings (SSSR count). The number of nitrogens with two attached hydrogens (primary N) is 1. The molecule has 6 nitrogen and oxygen atoms in total. The molecule has 1 atom stereocenters. The summed E-state index contributed by atoms with van der Waals surface area (Å²) in [6, 6.07) is 12.8. The van der Waals surface area contributed by atoms with Crippen molar-refractivity contribution in [3.63, 3.8) is 0 Å². The lowest BCUT2D eigenvalue weighted by Gasteiger charge is -2.26. The van der Waals surface area contributed by atoms with Crippen molar-refractivity contribution in [1.82, 2.24) is 4.57 Å². The number of fused-ring (bicyclic) bond motifs is 3. The Morgan fingerprint density at radius 2 is 2.04 bits per heavy atom. The van der Waals surface area contributed by atoms with E-state index in [2.05, 4.69) is 6.07 Å². The number of aryl methyl sites for hydroxylation is 1. The quantitative estimate of drug-likeness (QED) is 0.695. The average Bonchev–Trinajstić information content (AvgIpc) is 2.99. The van der Waals surface area contributed by atoms with Gasteiger partial charge in [-0.15, -0.1) is 0 Å². The van der Waals surface area contributed by atoms with E-state index in [1.807, 2.05) is 36.0 Å². The van der Waals surface area contributed by atoms with Gasteiger partial charge in [0, 0.05) is 18.9 Å². The van der Waals surface area contributed by atoms with Crippen molar-refractivity contribution >= 4 is 11.0 Å².